The van der Waals surface area contributed by atoms with E-state index in [1.54, 1.807) is 0 Å². The lowest BCUT2D eigenvalue weighted by molar-refractivity contribution is 0.424. The van der Waals surface area contributed by atoms with Gasteiger partial charge in [-0.3, -0.25) is 0 Å². The van der Waals surface area contributed by atoms with Gasteiger partial charge < -0.3 is 10.1 Å². The monoisotopic (exact) mass is 367 g/mol. The molecular weight excluding hydrogens is 350 g/mol. The number of hydrogen-bond donors (Lipinski definition) is 1. The van der Waals surface area contributed by atoms with Gasteiger partial charge in [-0.25, -0.2) is 0 Å². The molecule has 0 heterocycles. The van der Waals surface area contributed by atoms with Crippen molar-refractivity contribution in [1.29, 1.82) is 0 Å². The van der Waals surface area contributed by atoms with E-state index in [0.717, 1.165) is 22.5 Å². The van der Waals surface area contributed by atoms with Crippen molar-refractivity contribution in [3.8, 4) is 11.5 Å². The Morgan fingerprint density at radius 2 is 1.76 bits per heavy atom. The molecular formula is C17H19BrClNO. The maximum absolute atomic E-state index is 5.92. The smallest absolute Gasteiger partial charge is 0.141 e. The van der Waals surface area contributed by atoms with Gasteiger partial charge in [0.15, 0.2) is 0 Å². The van der Waals surface area contributed by atoms with Crippen molar-refractivity contribution < 1.29 is 4.74 Å². The summed E-state index contributed by atoms with van der Waals surface area (Å²) in [5.41, 5.74) is 1.34. The molecule has 1 N–H and O–H groups in total. The van der Waals surface area contributed by atoms with Gasteiger partial charge in [-0.1, -0.05) is 23.7 Å². The molecule has 0 aliphatic heterocycles. The molecule has 0 fully saturated rings. The van der Waals surface area contributed by atoms with Crippen LogP contribution in [0.1, 0.15) is 26.3 Å². The first-order chi connectivity index (χ1) is 9.83. The zero-order valence-corrected chi connectivity index (χ0v) is 14.8. The Labute approximate surface area is 139 Å². The van der Waals surface area contributed by atoms with Crippen molar-refractivity contribution in [2.45, 2.75) is 32.9 Å². The van der Waals surface area contributed by atoms with Gasteiger partial charge in [-0.05, 0) is 72.6 Å². The Morgan fingerprint density at radius 3 is 2.33 bits per heavy atom. The van der Waals surface area contributed by atoms with Crippen LogP contribution in [0, 0.1) is 0 Å². The summed E-state index contributed by atoms with van der Waals surface area (Å²) in [6.45, 7) is 7.31. The second-order valence-electron chi connectivity index (χ2n) is 5.92. The second-order valence-corrected chi connectivity index (χ2v) is 7.22. The zero-order chi connectivity index (χ0) is 15.5. The van der Waals surface area contributed by atoms with Gasteiger partial charge in [0, 0.05) is 17.1 Å². The molecule has 2 aromatic carbocycles. The average Bonchev–Trinajstić information content (AvgIpc) is 2.40. The summed E-state index contributed by atoms with van der Waals surface area (Å²) in [7, 11) is 0. The van der Waals surface area contributed by atoms with Crippen LogP contribution in [-0.4, -0.2) is 5.54 Å². The van der Waals surface area contributed by atoms with E-state index in [1.165, 1.54) is 5.56 Å². The van der Waals surface area contributed by atoms with E-state index in [0.29, 0.717) is 5.02 Å². The predicted molar refractivity (Wildman–Crippen MR) is 92.3 cm³/mol. The third-order valence-corrected chi connectivity index (χ3v) is 3.72. The van der Waals surface area contributed by atoms with Crippen LogP contribution in [0.4, 0.5) is 0 Å². The van der Waals surface area contributed by atoms with Crippen molar-refractivity contribution in [2.75, 3.05) is 0 Å². The SMILES string of the molecule is CC(C)(C)NCc1ccc(Oc2ccc(Cl)cc2Br)cc1. The van der Waals surface area contributed by atoms with Crippen molar-refractivity contribution in [3.05, 3.63) is 57.5 Å². The molecule has 0 saturated heterocycles. The molecule has 4 heteroatoms. The van der Waals surface area contributed by atoms with Crippen LogP contribution < -0.4 is 10.1 Å². The summed E-state index contributed by atoms with van der Waals surface area (Å²) in [5, 5.41) is 4.14. The molecule has 0 bridgehead atoms. The van der Waals surface area contributed by atoms with Crippen LogP contribution in [0.5, 0.6) is 11.5 Å². The van der Waals surface area contributed by atoms with Gasteiger partial charge in [0.1, 0.15) is 11.5 Å². The fourth-order valence-corrected chi connectivity index (χ4v) is 2.49. The molecule has 0 aliphatic carbocycles. The molecule has 112 valence electrons. The summed E-state index contributed by atoms with van der Waals surface area (Å²) in [6, 6.07) is 13.6. The maximum atomic E-state index is 5.92. The molecule has 0 unspecified atom stereocenters. The molecule has 2 aromatic rings. The number of halogens is 2. The topological polar surface area (TPSA) is 21.3 Å². The minimum atomic E-state index is 0.114. The predicted octanol–water partition coefficient (Wildman–Crippen LogP) is 5.78. The van der Waals surface area contributed by atoms with Gasteiger partial charge in [0.2, 0.25) is 0 Å². The average molecular weight is 369 g/mol. The molecule has 0 spiro atoms. The van der Waals surface area contributed by atoms with Gasteiger partial charge in [0.05, 0.1) is 4.47 Å². The van der Waals surface area contributed by atoms with Crippen LogP contribution in [0.15, 0.2) is 46.9 Å². The van der Waals surface area contributed by atoms with Crippen molar-refractivity contribution in [3.63, 3.8) is 0 Å². The van der Waals surface area contributed by atoms with E-state index in [4.69, 9.17) is 16.3 Å². The molecule has 21 heavy (non-hydrogen) atoms. The van der Waals surface area contributed by atoms with Crippen LogP contribution in [0.25, 0.3) is 0 Å². The number of nitrogens with one attached hydrogen (secondary N) is 1. The lowest BCUT2D eigenvalue weighted by atomic mass is 10.1. The fraction of sp³-hybridized carbons (Fsp3) is 0.294. The fourth-order valence-electron chi connectivity index (χ4n) is 1.73. The Kier molecular flexibility index (Phi) is 5.31. The number of ether oxygens (including phenoxy) is 1. The van der Waals surface area contributed by atoms with E-state index >= 15 is 0 Å². The first-order valence-electron chi connectivity index (χ1n) is 6.80. The van der Waals surface area contributed by atoms with E-state index in [9.17, 15) is 0 Å². The number of hydrogen-bond acceptors (Lipinski definition) is 2. The zero-order valence-electron chi connectivity index (χ0n) is 12.4. The first kappa shape index (κ1) is 16.3. The molecule has 2 nitrogen and oxygen atoms in total. The molecule has 0 atom stereocenters. The maximum Gasteiger partial charge on any atom is 0.141 e. The summed E-state index contributed by atoms with van der Waals surface area (Å²) in [4.78, 5) is 0. The Morgan fingerprint density at radius 1 is 1.10 bits per heavy atom. The standard InChI is InChI=1S/C17H19BrClNO/c1-17(2,3)20-11-12-4-7-14(8-5-12)21-16-9-6-13(19)10-15(16)18/h4-10,20H,11H2,1-3H3. The molecule has 0 radical (unpaired) electrons. The largest absolute Gasteiger partial charge is 0.456 e. The molecule has 0 aliphatic rings. The normalized spacial score (nSPS) is 11.5. The van der Waals surface area contributed by atoms with Crippen molar-refractivity contribution in [2.24, 2.45) is 0 Å². The van der Waals surface area contributed by atoms with Crippen LogP contribution in [-0.2, 0) is 6.54 Å². The van der Waals surface area contributed by atoms with Crippen molar-refractivity contribution in [1.82, 2.24) is 5.32 Å². The lowest BCUT2D eigenvalue weighted by Crippen LogP contribution is -2.34. The first-order valence-corrected chi connectivity index (χ1v) is 7.97. The molecule has 0 amide bonds. The summed E-state index contributed by atoms with van der Waals surface area (Å²) in [6.07, 6.45) is 0. The van der Waals surface area contributed by atoms with Crippen LogP contribution in [0.3, 0.4) is 0 Å². The van der Waals surface area contributed by atoms with E-state index < -0.39 is 0 Å². The third kappa shape index (κ3) is 5.34. The summed E-state index contributed by atoms with van der Waals surface area (Å²) >= 11 is 9.37. The Balaban J connectivity index is 2.02. The van der Waals surface area contributed by atoms with Crippen molar-refractivity contribution >= 4 is 27.5 Å². The van der Waals surface area contributed by atoms with E-state index in [-0.39, 0.29) is 5.54 Å². The molecule has 2 rings (SSSR count). The van der Waals surface area contributed by atoms with Crippen LogP contribution in [0.2, 0.25) is 5.02 Å². The van der Waals surface area contributed by atoms with Crippen LogP contribution >= 0.6 is 27.5 Å². The van der Waals surface area contributed by atoms with Gasteiger partial charge >= 0.3 is 0 Å². The lowest BCUT2D eigenvalue weighted by Gasteiger charge is -2.20. The van der Waals surface area contributed by atoms with Gasteiger partial charge in [-0.15, -0.1) is 0 Å². The highest BCUT2D eigenvalue weighted by Crippen LogP contribution is 2.31. The number of benzene rings is 2. The minimum absolute atomic E-state index is 0.114. The molecule has 0 aromatic heterocycles. The Hall–Kier alpha value is -1.03. The number of rotatable bonds is 4. The summed E-state index contributed by atoms with van der Waals surface area (Å²) in [5.74, 6) is 1.55. The second kappa shape index (κ2) is 6.82. The minimum Gasteiger partial charge on any atom is -0.456 e. The quantitative estimate of drug-likeness (QED) is 0.738. The van der Waals surface area contributed by atoms with Gasteiger partial charge in [-0.2, -0.15) is 0 Å². The Bertz CT molecular complexity index is 605. The summed E-state index contributed by atoms with van der Waals surface area (Å²) < 4.78 is 6.68. The van der Waals surface area contributed by atoms with Gasteiger partial charge in [0.25, 0.3) is 0 Å². The highest BCUT2D eigenvalue weighted by Gasteiger charge is 2.08. The highest BCUT2D eigenvalue weighted by molar-refractivity contribution is 9.10. The van der Waals surface area contributed by atoms with E-state index in [1.807, 2.05) is 30.3 Å². The third-order valence-electron chi connectivity index (χ3n) is 2.87. The molecule has 0 saturated carbocycles. The van der Waals surface area contributed by atoms with E-state index in [2.05, 4.69) is 54.2 Å². The highest BCUT2D eigenvalue weighted by atomic mass is 79.9.